The number of carbonyl (C=O) groups is 1. The summed E-state index contributed by atoms with van der Waals surface area (Å²) in [7, 11) is 0. The smallest absolute Gasteiger partial charge is 0.237 e. The predicted molar refractivity (Wildman–Crippen MR) is 101 cm³/mol. The topological polar surface area (TPSA) is 72.3 Å². The highest BCUT2D eigenvalue weighted by atomic mass is 19.1. The van der Waals surface area contributed by atoms with Crippen LogP contribution in [0.15, 0.2) is 30.5 Å². The largest absolute Gasteiger partial charge is 0.378 e. The second kappa shape index (κ2) is 7.68. The molecule has 2 aliphatic rings. The molecule has 1 N–H and O–H groups in total. The fourth-order valence-corrected chi connectivity index (χ4v) is 4.04. The zero-order valence-corrected chi connectivity index (χ0v) is 15.3. The number of amides is 1. The van der Waals surface area contributed by atoms with E-state index in [9.17, 15) is 13.6 Å². The van der Waals surface area contributed by atoms with Gasteiger partial charge in [0.2, 0.25) is 5.91 Å². The first-order valence-electron chi connectivity index (χ1n) is 9.40. The maximum absolute atomic E-state index is 14.4. The van der Waals surface area contributed by atoms with Gasteiger partial charge in [0, 0.05) is 37.1 Å². The van der Waals surface area contributed by atoms with Gasteiger partial charge < -0.3 is 10.2 Å². The van der Waals surface area contributed by atoms with Crippen molar-refractivity contribution in [3.8, 4) is 6.07 Å². The summed E-state index contributed by atoms with van der Waals surface area (Å²) >= 11 is 0. The molecule has 2 aliphatic heterocycles. The number of aromatic nitrogens is 1. The van der Waals surface area contributed by atoms with Gasteiger partial charge in [-0.1, -0.05) is 0 Å². The Kier molecular flexibility index (Phi) is 5.09. The zero-order chi connectivity index (χ0) is 19.7. The molecular formula is C20H21F2N5O. The van der Waals surface area contributed by atoms with Gasteiger partial charge in [0.15, 0.2) is 0 Å². The molecule has 0 aliphatic carbocycles. The third-order valence-electron chi connectivity index (χ3n) is 5.43. The van der Waals surface area contributed by atoms with E-state index in [1.54, 1.807) is 18.3 Å². The number of fused-ring (bicyclic) bond motifs is 1. The third kappa shape index (κ3) is 3.62. The van der Waals surface area contributed by atoms with Gasteiger partial charge in [0.25, 0.3) is 0 Å². The van der Waals surface area contributed by atoms with Gasteiger partial charge >= 0.3 is 0 Å². The number of carbonyl (C=O) groups excluding carboxylic acids is 1. The molecule has 0 bridgehead atoms. The van der Waals surface area contributed by atoms with E-state index in [0.717, 1.165) is 11.8 Å². The second-order valence-electron chi connectivity index (χ2n) is 7.38. The molecule has 0 spiro atoms. The van der Waals surface area contributed by atoms with Crippen LogP contribution in [0, 0.1) is 17.1 Å². The molecule has 146 valence electrons. The number of nitrogens with one attached hydrogen (secondary N) is 1. The fourth-order valence-electron chi connectivity index (χ4n) is 4.04. The van der Waals surface area contributed by atoms with Gasteiger partial charge in [-0.05, 0) is 30.7 Å². The summed E-state index contributed by atoms with van der Waals surface area (Å²) in [6.45, 7) is 1.38. The van der Waals surface area contributed by atoms with E-state index in [4.69, 9.17) is 5.26 Å². The number of hydrogen-bond acceptors (Lipinski definition) is 5. The van der Waals surface area contributed by atoms with Gasteiger partial charge in [-0.15, -0.1) is 0 Å². The van der Waals surface area contributed by atoms with Crippen molar-refractivity contribution >= 4 is 22.5 Å². The molecule has 6 nitrogen and oxygen atoms in total. The van der Waals surface area contributed by atoms with Gasteiger partial charge in [0.1, 0.15) is 18.0 Å². The summed E-state index contributed by atoms with van der Waals surface area (Å²) in [6.07, 6.45) is 1.38. The Morgan fingerprint density at radius 1 is 1.36 bits per heavy atom. The van der Waals surface area contributed by atoms with Crippen LogP contribution in [-0.4, -0.2) is 65.1 Å². The van der Waals surface area contributed by atoms with E-state index in [1.807, 2.05) is 17.0 Å². The average molecular weight is 385 g/mol. The molecule has 1 aromatic heterocycles. The molecule has 3 heterocycles. The van der Waals surface area contributed by atoms with Crippen LogP contribution in [0.2, 0.25) is 0 Å². The summed E-state index contributed by atoms with van der Waals surface area (Å²) < 4.78 is 27.9. The van der Waals surface area contributed by atoms with Crippen LogP contribution in [0.1, 0.15) is 12.8 Å². The number of nitrogens with zero attached hydrogens (tertiary/aromatic N) is 4. The maximum Gasteiger partial charge on any atom is 0.237 e. The highest BCUT2D eigenvalue weighted by Crippen LogP contribution is 2.27. The molecule has 3 atom stereocenters. The van der Waals surface area contributed by atoms with Crippen LogP contribution < -0.4 is 5.32 Å². The predicted octanol–water partition coefficient (Wildman–Crippen LogP) is 2.32. The Morgan fingerprint density at radius 2 is 2.21 bits per heavy atom. The maximum atomic E-state index is 14.4. The van der Waals surface area contributed by atoms with E-state index in [0.29, 0.717) is 24.3 Å². The first-order chi connectivity index (χ1) is 13.5. The fraction of sp³-hybridized carbons (Fsp3) is 0.450. The summed E-state index contributed by atoms with van der Waals surface area (Å²) in [5.74, 6) is -0.564. The Balaban J connectivity index is 1.40. The molecule has 2 saturated heterocycles. The van der Waals surface area contributed by atoms with Crippen molar-refractivity contribution in [3.05, 3.63) is 36.3 Å². The minimum absolute atomic E-state index is 0.00706. The van der Waals surface area contributed by atoms with Crippen LogP contribution in [0.5, 0.6) is 0 Å². The molecule has 2 fully saturated rings. The molecule has 0 unspecified atom stereocenters. The summed E-state index contributed by atoms with van der Waals surface area (Å²) in [6, 6.07) is 7.95. The lowest BCUT2D eigenvalue weighted by Crippen LogP contribution is -2.42. The third-order valence-corrected chi connectivity index (χ3v) is 5.43. The Bertz CT molecular complexity index is 930. The van der Waals surface area contributed by atoms with Crippen molar-refractivity contribution in [1.29, 1.82) is 5.26 Å². The van der Waals surface area contributed by atoms with Crippen molar-refractivity contribution in [1.82, 2.24) is 14.8 Å². The van der Waals surface area contributed by atoms with Crippen molar-refractivity contribution in [2.24, 2.45) is 0 Å². The minimum atomic E-state index is -1.13. The van der Waals surface area contributed by atoms with Crippen molar-refractivity contribution < 1.29 is 13.6 Å². The van der Waals surface area contributed by atoms with Gasteiger partial charge in [-0.25, -0.2) is 8.78 Å². The molecular weight excluding hydrogens is 364 g/mol. The van der Waals surface area contributed by atoms with Crippen LogP contribution in [-0.2, 0) is 4.79 Å². The number of pyridine rings is 1. The average Bonchev–Trinajstić information content (AvgIpc) is 3.30. The zero-order valence-electron chi connectivity index (χ0n) is 15.3. The molecule has 8 heteroatoms. The number of nitriles is 1. The van der Waals surface area contributed by atoms with Crippen LogP contribution in [0.3, 0.4) is 0 Å². The van der Waals surface area contributed by atoms with E-state index < -0.39 is 12.2 Å². The highest BCUT2D eigenvalue weighted by Gasteiger charge is 2.36. The first-order valence-corrected chi connectivity index (χ1v) is 9.40. The van der Waals surface area contributed by atoms with Gasteiger partial charge in [-0.3, -0.25) is 14.7 Å². The molecule has 0 saturated carbocycles. The molecule has 0 radical (unpaired) electrons. The number of anilines is 1. The number of halogens is 2. The monoisotopic (exact) mass is 385 g/mol. The lowest BCUT2D eigenvalue weighted by atomic mass is 10.1. The summed E-state index contributed by atoms with van der Waals surface area (Å²) in [5, 5.41) is 13.1. The lowest BCUT2D eigenvalue weighted by Gasteiger charge is -2.23. The van der Waals surface area contributed by atoms with Crippen molar-refractivity contribution in [2.45, 2.75) is 31.1 Å². The van der Waals surface area contributed by atoms with Crippen LogP contribution >= 0.6 is 0 Å². The van der Waals surface area contributed by atoms with Crippen molar-refractivity contribution in [3.63, 3.8) is 0 Å². The van der Waals surface area contributed by atoms with Crippen LogP contribution in [0.25, 0.3) is 10.9 Å². The molecule has 1 amide bonds. The van der Waals surface area contributed by atoms with Crippen LogP contribution in [0.4, 0.5) is 14.5 Å². The standard InChI is InChI=1S/C20H21F2N5O/c21-13-8-15(9-23)27(10-13)19(28)12-26-7-5-14(11-26)25-20-16-2-1-6-24-18(16)4-3-17(20)22/h1-4,6,13-15,25H,5,7-8,10-12H2/t13-,14-,15-/m0/s1. The first kappa shape index (κ1) is 18.6. The SMILES string of the molecule is N#C[C@@H]1C[C@H](F)CN1C(=O)CN1CC[C@H](Nc2c(F)ccc3ncccc23)C1. The number of hydrogen-bond donors (Lipinski definition) is 1. The second-order valence-corrected chi connectivity index (χ2v) is 7.38. The van der Waals surface area contributed by atoms with E-state index in [-0.39, 0.29) is 37.3 Å². The molecule has 28 heavy (non-hydrogen) atoms. The van der Waals surface area contributed by atoms with Gasteiger partial charge in [-0.2, -0.15) is 5.26 Å². The Hall–Kier alpha value is -2.79. The highest BCUT2D eigenvalue weighted by molar-refractivity contribution is 5.91. The molecule has 2 aromatic rings. The lowest BCUT2D eigenvalue weighted by molar-refractivity contribution is -0.132. The number of benzene rings is 1. The quantitative estimate of drug-likeness (QED) is 0.875. The number of rotatable bonds is 4. The minimum Gasteiger partial charge on any atom is -0.378 e. The van der Waals surface area contributed by atoms with E-state index in [1.165, 1.54) is 11.0 Å². The number of alkyl halides is 1. The van der Waals surface area contributed by atoms with E-state index >= 15 is 0 Å². The van der Waals surface area contributed by atoms with Gasteiger partial charge in [0.05, 0.1) is 30.4 Å². The summed E-state index contributed by atoms with van der Waals surface area (Å²) in [5.41, 5.74) is 1.14. The Labute approximate surface area is 161 Å². The molecule has 1 aromatic carbocycles. The normalized spacial score (nSPS) is 25.2. The summed E-state index contributed by atoms with van der Waals surface area (Å²) in [4.78, 5) is 20.0. The van der Waals surface area contributed by atoms with Crippen molar-refractivity contribution in [2.75, 3.05) is 31.5 Å². The number of likely N-dealkylation sites (tertiary alicyclic amines) is 2. The molecule has 4 rings (SSSR count). The Morgan fingerprint density at radius 3 is 3.04 bits per heavy atom. The van der Waals surface area contributed by atoms with E-state index in [2.05, 4.69) is 10.3 Å².